The number of benzene rings is 2. The minimum atomic E-state index is -0.393. The molecule has 0 aliphatic heterocycles. The summed E-state index contributed by atoms with van der Waals surface area (Å²) in [4.78, 5) is 27.1. The van der Waals surface area contributed by atoms with E-state index in [1.807, 2.05) is 59.5 Å². The lowest BCUT2D eigenvalue weighted by atomic mass is 10.2. The van der Waals surface area contributed by atoms with E-state index in [0.29, 0.717) is 12.2 Å². The molecule has 0 bridgehead atoms. The number of aryl methyl sites for hydroxylation is 1. The van der Waals surface area contributed by atoms with Crippen molar-refractivity contribution in [2.45, 2.75) is 44.0 Å². The van der Waals surface area contributed by atoms with Gasteiger partial charge in [-0.05, 0) is 61.2 Å². The van der Waals surface area contributed by atoms with E-state index in [-0.39, 0.29) is 11.1 Å². The minimum Gasteiger partial charge on any atom is -0.322 e. The van der Waals surface area contributed by atoms with Crippen LogP contribution >= 0.6 is 27.7 Å². The second kappa shape index (κ2) is 10.7. The van der Waals surface area contributed by atoms with E-state index in [2.05, 4.69) is 28.2 Å². The van der Waals surface area contributed by atoms with Gasteiger partial charge < -0.3 is 5.32 Å². The molecule has 2 aromatic carbocycles. The zero-order valence-corrected chi connectivity index (χ0v) is 19.6. The Morgan fingerprint density at radius 3 is 2.37 bits per heavy atom. The molecule has 3 aromatic rings. The van der Waals surface area contributed by atoms with Crippen LogP contribution in [0.2, 0.25) is 0 Å². The molecule has 1 N–H and O–H groups in total. The molecule has 0 unspecified atom stereocenters. The van der Waals surface area contributed by atoms with E-state index in [1.165, 1.54) is 0 Å². The molecule has 0 radical (unpaired) electrons. The average molecular weight is 488 g/mol. The summed E-state index contributed by atoms with van der Waals surface area (Å²) in [5, 5.41) is 2.85. The fourth-order valence-corrected chi connectivity index (χ4v) is 3.91. The molecule has 0 atom stereocenters. The summed E-state index contributed by atoms with van der Waals surface area (Å²) in [6.07, 6.45) is 8.02. The van der Waals surface area contributed by atoms with Crippen LogP contribution in [0.25, 0.3) is 5.69 Å². The van der Waals surface area contributed by atoms with Crippen molar-refractivity contribution in [2.24, 2.45) is 0 Å². The number of thioether (sulfide) groups is 1. The summed E-state index contributed by atoms with van der Waals surface area (Å²) in [7, 11) is 0. The van der Waals surface area contributed by atoms with Crippen LogP contribution in [-0.4, -0.2) is 21.5 Å². The van der Waals surface area contributed by atoms with Crippen LogP contribution in [0.5, 0.6) is 0 Å². The minimum absolute atomic E-state index is 0.141. The molecule has 0 saturated heterocycles. The lowest BCUT2D eigenvalue weighted by Crippen LogP contribution is -2.26. The molecule has 3 rings (SSSR count). The van der Waals surface area contributed by atoms with Gasteiger partial charge in [0, 0.05) is 27.8 Å². The average Bonchev–Trinajstić information content (AvgIpc) is 3.08. The largest absolute Gasteiger partial charge is 0.322 e. The number of nitrogens with zero attached hydrogens (tertiary/aromatic N) is 2. The van der Waals surface area contributed by atoms with E-state index in [0.717, 1.165) is 40.7 Å². The summed E-state index contributed by atoms with van der Waals surface area (Å²) >= 11 is 5.07. The SMILES string of the molecule is CCCCCCn1cc(C(=O)Nc2ccc(SC)cc2)c(=O)n1-c1ccc(Br)cc1. The number of rotatable bonds is 9. The quantitative estimate of drug-likeness (QED) is 0.299. The third-order valence-electron chi connectivity index (χ3n) is 4.86. The number of anilines is 1. The van der Waals surface area contributed by atoms with Crippen molar-refractivity contribution in [3.63, 3.8) is 0 Å². The van der Waals surface area contributed by atoms with Gasteiger partial charge in [0.1, 0.15) is 5.56 Å². The molecule has 0 spiro atoms. The first-order chi connectivity index (χ1) is 14.5. The van der Waals surface area contributed by atoms with Gasteiger partial charge in [-0.15, -0.1) is 11.8 Å². The van der Waals surface area contributed by atoms with Gasteiger partial charge in [0.15, 0.2) is 0 Å². The van der Waals surface area contributed by atoms with Crippen molar-refractivity contribution < 1.29 is 4.79 Å². The Bertz CT molecular complexity index is 1040. The maximum Gasteiger partial charge on any atom is 0.284 e. The van der Waals surface area contributed by atoms with Crippen molar-refractivity contribution >= 4 is 39.3 Å². The molecule has 1 heterocycles. The highest BCUT2D eigenvalue weighted by atomic mass is 79.9. The molecule has 1 amide bonds. The molecule has 5 nitrogen and oxygen atoms in total. The van der Waals surface area contributed by atoms with Gasteiger partial charge in [-0.25, -0.2) is 4.68 Å². The van der Waals surface area contributed by atoms with E-state index < -0.39 is 5.91 Å². The predicted molar refractivity (Wildman–Crippen MR) is 128 cm³/mol. The first-order valence-corrected chi connectivity index (χ1v) is 12.1. The van der Waals surface area contributed by atoms with Gasteiger partial charge in [-0.3, -0.25) is 14.3 Å². The van der Waals surface area contributed by atoms with Crippen LogP contribution in [0.1, 0.15) is 43.0 Å². The number of hydrogen-bond donors (Lipinski definition) is 1. The van der Waals surface area contributed by atoms with Gasteiger partial charge >= 0.3 is 0 Å². The van der Waals surface area contributed by atoms with Crippen LogP contribution in [0.4, 0.5) is 5.69 Å². The van der Waals surface area contributed by atoms with Crippen molar-refractivity contribution in [2.75, 3.05) is 11.6 Å². The Balaban J connectivity index is 1.90. The second-order valence-corrected chi connectivity index (χ2v) is 8.84. The number of amides is 1. The lowest BCUT2D eigenvalue weighted by Gasteiger charge is -2.11. The van der Waals surface area contributed by atoms with E-state index in [1.54, 1.807) is 22.6 Å². The number of carbonyl (C=O) groups excluding carboxylic acids is 1. The van der Waals surface area contributed by atoms with Crippen LogP contribution < -0.4 is 10.9 Å². The molecule has 1 aromatic heterocycles. The van der Waals surface area contributed by atoms with E-state index >= 15 is 0 Å². The summed E-state index contributed by atoms with van der Waals surface area (Å²) in [5.41, 5.74) is 1.23. The number of hydrogen-bond acceptors (Lipinski definition) is 3. The fraction of sp³-hybridized carbons (Fsp3) is 0.304. The predicted octanol–water partition coefficient (Wildman–Crippen LogP) is 5.96. The van der Waals surface area contributed by atoms with Crippen LogP contribution in [-0.2, 0) is 6.54 Å². The van der Waals surface area contributed by atoms with Crippen molar-refractivity contribution in [3.8, 4) is 5.69 Å². The Morgan fingerprint density at radius 2 is 1.73 bits per heavy atom. The summed E-state index contributed by atoms with van der Waals surface area (Å²) in [6, 6.07) is 15.1. The molecular weight excluding hydrogens is 462 g/mol. The van der Waals surface area contributed by atoms with Crippen molar-refractivity contribution in [1.29, 1.82) is 0 Å². The van der Waals surface area contributed by atoms with Crippen LogP contribution in [0.15, 0.2) is 68.9 Å². The maximum atomic E-state index is 13.2. The lowest BCUT2D eigenvalue weighted by molar-refractivity contribution is 0.102. The highest BCUT2D eigenvalue weighted by molar-refractivity contribution is 9.10. The number of halogens is 1. The Labute approximate surface area is 189 Å². The molecule has 158 valence electrons. The Hall–Kier alpha value is -2.25. The van der Waals surface area contributed by atoms with Crippen molar-refractivity contribution in [3.05, 3.63) is 75.1 Å². The number of nitrogens with one attached hydrogen (secondary N) is 1. The number of unbranched alkanes of at least 4 members (excludes halogenated alkanes) is 3. The molecule has 30 heavy (non-hydrogen) atoms. The normalized spacial score (nSPS) is 10.9. The summed E-state index contributed by atoms with van der Waals surface area (Å²) in [5.74, 6) is -0.393. The molecule has 0 saturated carbocycles. The van der Waals surface area contributed by atoms with Gasteiger partial charge in [0.25, 0.3) is 11.5 Å². The highest BCUT2D eigenvalue weighted by Crippen LogP contribution is 2.18. The third kappa shape index (κ3) is 5.46. The van der Waals surface area contributed by atoms with E-state index in [9.17, 15) is 9.59 Å². The smallest absolute Gasteiger partial charge is 0.284 e. The zero-order chi connectivity index (χ0) is 21.5. The molecule has 0 aliphatic rings. The molecule has 0 aliphatic carbocycles. The summed E-state index contributed by atoms with van der Waals surface area (Å²) < 4.78 is 4.38. The van der Waals surface area contributed by atoms with Crippen molar-refractivity contribution in [1.82, 2.24) is 9.36 Å². The molecule has 7 heteroatoms. The standard InChI is InChI=1S/C23H26BrN3O2S/c1-3-4-5-6-15-26-16-21(22(28)25-18-9-13-20(30-2)14-10-18)23(29)27(26)19-11-7-17(24)8-12-19/h7-14,16H,3-6,15H2,1-2H3,(H,25,28). The monoisotopic (exact) mass is 487 g/mol. The first-order valence-electron chi connectivity index (χ1n) is 10.1. The Kier molecular flexibility index (Phi) is 7.99. The van der Waals surface area contributed by atoms with Gasteiger partial charge in [-0.2, -0.15) is 0 Å². The van der Waals surface area contributed by atoms with Gasteiger partial charge in [0.2, 0.25) is 0 Å². The number of carbonyl (C=O) groups is 1. The Morgan fingerprint density at radius 1 is 1.03 bits per heavy atom. The molecule has 0 fully saturated rings. The first kappa shape index (κ1) is 22.4. The van der Waals surface area contributed by atoms with Gasteiger partial charge in [-0.1, -0.05) is 42.1 Å². The number of aromatic nitrogens is 2. The van der Waals surface area contributed by atoms with Crippen LogP contribution in [0.3, 0.4) is 0 Å². The zero-order valence-electron chi connectivity index (χ0n) is 17.2. The maximum absolute atomic E-state index is 13.2. The van der Waals surface area contributed by atoms with E-state index in [4.69, 9.17) is 0 Å². The van der Waals surface area contributed by atoms with Crippen LogP contribution in [0, 0.1) is 0 Å². The topological polar surface area (TPSA) is 56.0 Å². The summed E-state index contributed by atoms with van der Waals surface area (Å²) in [6.45, 7) is 2.85. The molecular formula is C23H26BrN3O2S. The third-order valence-corrected chi connectivity index (χ3v) is 6.13. The highest BCUT2D eigenvalue weighted by Gasteiger charge is 2.19. The fourth-order valence-electron chi connectivity index (χ4n) is 3.23. The van der Waals surface area contributed by atoms with Gasteiger partial charge in [0.05, 0.1) is 5.69 Å². The second-order valence-electron chi connectivity index (χ2n) is 7.04.